The Morgan fingerprint density at radius 2 is 1.05 bits per heavy atom. The van der Waals surface area contributed by atoms with E-state index in [2.05, 4.69) is 0 Å². The van der Waals surface area contributed by atoms with Crippen molar-refractivity contribution in [2.24, 2.45) is 0 Å². The molecule has 19 heavy (non-hydrogen) atoms. The van der Waals surface area contributed by atoms with E-state index >= 15 is 0 Å². The summed E-state index contributed by atoms with van der Waals surface area (Å²) in [7, 11) is -3.67. The molecule has 3 fully saturated rings. The second-order valence-electron chi connectivity index (χ2n) is 6.35. The van der Waals surface area contributed by atoms with Gasteiger partial charge in [-0.2, -0.15) is 8.42 Å². The largest absolute Gasteiger partial charge is 0.382 e. The summed E-state index contributed by atoms with van der Waals surface area (Å²) in [5.41, 5.74) is 0. The van der Waals surface area contributed by atoms with Gasteiger partial charge in [-0.05, 0) is 0 Å². The van der Waals surface area contributed by atoms with Crippen LogP contribution < -0.4 is 0 Å². The molecule has 0 aromatic carbocycles. The van der Waals surface area contributed by atoms with Crippen molar-refractivity contribution in [3.63, 3.8) is 0 Å². The number of hydrogen-bond donors (Lipinski definition) is 3. The fourth-order valence-corrected chi connectivity index (χ4v) is 3.48. The maximum atomic E-state index is 9.35. The molecular weight excluding hydrogens is 272 g/mol. The third-order valence-corrected chi connectivity index (χ3v) is 4.49. The van der Waals surface area contributed by atoms with Gasteiger partial charge in [0.1, 0.15) is 52.4 Å². The van der Waals surface area contributed by atoms with E-state index in [1.54, 1.807) is 0 Å². The molecule has 0 atom stereocenters. The first-order valence-electron chi connectivity index (χ1n) is 6.60. The lowest BCUT2D eigenvalue weighted by atomic mass is 9.98. The molecule has 0 radical (unpaired) electrons. The SMILES string of the molecule is CS(=O)(=O)O.OC1C[N+]2(CC[N+]3(CC2)CC(O)C3)C1. The fraction of sp³-hybridized carbons (Fsp3) is 1.00. The number of quaternary nitrogens is 2. The van der Waals surface area contributed by atoms with Crippen LogP contribution in [-0.4, -0.2) is 103 Å². The molecular formula is C11H24N2O5S+2. The molecule has 3 rings (SSSR count). The first-order chi connectivity index (χ1) is 8.62. The predicted octanol–water partition coefficient (Wildman–Crippen LogP) is -2.11. The van der Waals surface area contributed by atoms with Gasteiger partial charge in [-0.25, -0.2) is 0 Å². The van der Waals surface area contributed by atoms with Crippen molar-refractivity contribution in [3.05, 3.63) is 0 Å². The molecule has 3 N–H and O–H groups in total. The molecule has 0 unspecified atom stereocenters. The van der Waals surface area contributed by atoms with Crippen LogP contribution in [0.2, 0.25) is 0 Å². The molecule has 3 heterocycles. The fourth-order valence-electron chi connectivity index (χ4n) is 3.48. The number of aliphatic hydroxyl groups is 2. The van der Waals surface area contributed by atoms with Gasteiger partial charge in [0.25, 0.3) is 10.1 Å². The van der Waals surface area contributed by atoms with Gasteiger partial charge in [0.15, 0.2) is 12.2 Å². The van der Waals surface area contributed by atoms with E-state index in [1.165, 1.54) is 26.2 Å². The molecule has 112 valence electrons. The van der Waals surface area contributed by atoms with Gasteiger partial charge in [-0.15, -0.1) is 0 Å². The molecule has 3 aliphatic rings. The summed E-state index contributed by atoms with van der Waals surface area (Å²) in [5, 5.41) is 18.7. The summed E-state index contributed by atoms with van der Waals surface area (Å²) in [5.74, 6) is 0. The van der Waals surface area contributed by atoms with E-state index in [0.717, 1.165) is 35.1 Å². The van der Waals surface area contributed by atoms with Gasteiger partial charge in [-0.3, -0.25) is 4.55 Å². The Kier molecular flexibility index (Phi) is 3.94. The second-order valence-corrected chi connectivity index (χ2v) is 7.81. The van der Waals surface area contributed by atoms with Gasteiger partial charge in [0.05, 0.1) is 6.26 Å². The Morgan fingerprint density at radius 3 is 1.21 bits per heavy atom. The van der Waals surface area contributed by atoms with E-state index in [1.807, 2.05) is 0 Å². The quantitative estimate of drug-likeness (QED) is 0.351. The Bertz CT molecular complexity index is 380. The van der Waals surface area contributed by atoms with Crippen molar-refractivity contribution >= 4 is 10.1 Å². The molecule has 0 bridgehead atoms. The normalized spacial score (nSPS) is 45.1. The van der Waals surface area contributed by atoms with Crippen molar-refractivity contribution in [2.75, 3.05) is 58.6 Å². The molecule has 3 aliphatic heterocycles. The van der Waals surface area contributed by atoms with Crippen LogP contribution in [0, 0.1) is 0 Å². The number of hydrogen-bond acceptors (Lipinski definition) is 4. The summed E-state index contributed by atoms with van der Waals surface area (Å²) in [6.45, 7) is 8.75. The highest BCUT2D eigenvalue weighted by Crippen LogP contribution is 2.30. The summed E-state index contributed by atoms with van der Waals surface area (Å²) >= 11 is 0. The third-order valence-electron chi connectivity index (χ3n) is 4.49. The van der Waals surface area contributed by atoms with Crippen molar-refractivity contribution in [1.29, 1.82) is 0 Å². The zero-order valence-corrected chi connectivity index (χ0v) is 12.1. The molecule has 0 amide bonds. The summed E-state index contributed by atoms with van der Waals surface area (Å²) < 4.78 is 28.2. The maximum absolute atomic E-state index is 9.35. The number of rotatable bonds is 0. The Balaban J connectivity index is 0.000000232. The lowest BCUT2D eigenvalue weighted by Crippen LogP contribution is -2.79. The topological polar surface area (TPSA) is 94.8 Å². The van der Waals surface area contributed by atoms with Crippen LogP contribution in [0.4, 0.5) is 0 Å². The zero-order chi connectivity index (χ0) is 14.3. The summed E-state index contributed by atoms with van der Waals surface area (Å²) in [6.07, 6.45) is 0.638. The molecule has 3 saturated heterocycles. The minimum Gasteiger partial charge on any atom is -0.382 e. The third kappa shape index (κ3) is 3.87. The van der Waals surface area contributed by atoms with Crippen LogP contribution in [0.3, 0.4) is 0 Å². The van der Waals surface area contributed by atoms with Gasteiger partial charge < -0.3 is 19.2 Å². The highest BCUT2D eigenvalue weighted by Gasteiger charge is 2.53. The summed E-state index contributed by atoms with van der Waals surface area (Å²) in [4.78, 5) is 0. The van der Waals surface area contributed by atoms with Crippen LogP contribution in [0.1, 0.15) is 0 Å². The Labute approximate surface area is 114 Å². The van der Waals surface area contributed by atoms with Crippen LogP contribution in [0.25, 0.3) is 0 Å². The number of piperazine rings is 1. The van der Waals surface area contributed by atoms with Crippen LogP contribution in [0.5, 0.6) is 0 Å². The van der Waals surface area contributed by atoms with E-state index in [4.69, 9.17) is 4.55 Å². The van der Waals surface area contributed by atoms with Crippen molar-refractivity contribution in [2.45, 2.75) is 12.2 Å². The molecule has 0 aliphatic carbocycles. The van der Waals surface area contributed by atoms with Gasteiger partial charge >= 0.3 is 0 Å². The van der Waals surface area contributed by atoms with Gasteiger partial charge in [-0.1, -0.05) is 0 Å². The number of aliphatic hydroxyl groups excluding tert-OH is 2. The highest BCUT2D eigenvalue weighted by atomic mass is 32.2. The Morgan fingerprint density at radius 1 is 0.842 bits per heavy atom. The second kappa shape index (κ2) is 4.94. The zero-order valence-electron chi connectivity index (χ0n) is 11.3. The van der Waals surface area contributed by atoms with Gasteiger partial charge in [0.2, 0.25) is 0 Å². The standard InChI is InChI=1S/C10H20N2O2.CH4O3S/c13-9-5-11(6-9)1-2-12(4-3-11)7-10(14)8-12;1-5(2,3)4/h9-10,13-14H,1-8H2;1H3,(H,2,3,4)/q+2;. The van der Waals surface area contributed by atoms with E-state index in [-0.39, 0.29) is 12.2 Å². The van der Waals surface area contributed by atoms with Gasteiger partial charge in [0, 0.05) is 0 Å². The van der Waals surface area contributed by atoms with E-state index in [0.29, 0.717) is 6.26 Å². The molecule has 0 aromatic rings. The lowest BCUT2D eigenvalue weighted by molar-refractivity contribution is -1.07. The predicted molar refractivity (Wildman–Crippen MR) is 68.9 cm³/mol. The average molecular weight is 296 g/mol. The van der Waals surface area contributed by atoms with Crippen LogP contribution in [-0.2, 0) is 10.1 Å². The first-order valence-corrected chi connectivity index (χ1v) is 8.45. The van der Waals surface area contributed by atoms with Crippen molar-refractivity contribution in [3.8, 4) is 0 Å². The van der Waals surface area contributed by atoms with Crippen LogP contribution in [0.15, 0.2) is 0 Å². The maximum Gasteiger partial charge on any atom is 0.261 e. The van der Waals surface area contributed by atoms with Crippen LogP contribution >= 0.6 is 0 Å². The van der Waals surface area contributed by atoms with Crippen molar-refractivity contribution < 1.29 is 32.1 Å². The molecule has 8 heteroatoms. The summed E-state index contributed by atoms with van der Waals surface area (Å²) in [6, 6.07) is 0. The van der Waals surface area contributed by atoms with E-state index < -0.39 is 10.1 Å². The Hall–Kier alpha value is -0.250. The highest BCUT2D eigenvalue weighted by molar-refractivity contribution is 7.85. The van der Waals surface area contributed by atoms with Crippen molar-refractivity contribution in [1.82, 2.24) is 0 Å². The number of nitrogens with zero attached hydrogens (tertiary/aromatic N) is 2. The first kappa shape index (κ1) is 15.1. The molecule has 0 saturated carbocycles. The minimum atomic E-state index is -3.67. The molecule has 2 spiro atoms. The molecule has 7 nitrogen and oxygen atoms in total. The minimum absolute atomic E-state index is 0.0384. The average Bonchev–Trinajstić information content (AvgIpc) is 2.15. The van der Waals surface area contributed by atoms with E-state index in [9.17, 15) is 18.6 Å². The smallest absolute Gasteiger partial charge is 0.261 e. The molecule has 0 aromatic heterocycles. The lowest BCUT2D eigenvalue weighted by Gasteiger charge is -2.58. The monoisotopic (exact) mass is 296 g/mol.